The molecule has 1 aliphatic rings. The molecule has 5 nitrogen and oxygen atoms in total. The number of nitrogens with one attached hydrogen (secondary N) is 1. The van der Waals surface area contributed by atoms with Crippen LogP contribution in [-0.2, 0) is 35.7 Å². The summed E-state index contributed by atoms with van der Waals surface area (Å²) >= 11 is 5.75. The van der Waals surface area contributed by atoms with E-state index in [9.17, 15) is 21.6 Å². The van der Waals surface area contributed by atoms with Crippen molar-refractivity contribution in [1.29, 1.82) is 0 Å². The summed E-state index contributed by atoms with van der Waals surface area (Å²) in [6.07, 6.45) is -0.286. The highest BCUT2D eigenvalue weighted by Gasteiger charge is 2.38. The highest BCUT2D eigenvalue weighted by atomic mass is 35.5. The Labute approximate surface area is 147 Å². The van der Waals surface area contributed by atoms with E-state index in [2.05, 4.69) is 9.71 Å². The zero-order valence-electron chi connectivity index (χ0n) is 13.0. The van der Waals surface area contributed by atoms with Crippen LogP contribution in [0.3, 0.4) is 0 Å². The maximum Gasteiger partial charge on any atom is 0.417 e. The SMILES string of the molecule is O=S(=O)(NCc1cn2c(n1)CCCC2)c1c(Cl)cccc1C(F)(F)F. The number of hydrogen-bond donors (Lipinski definition) is 1. The molecular formula is C15H15ClF3N3O2S. The highest BCUT2D eigenvalue weighted by Crippen LogP contribution is 2.37. The molecule has 0 saturated carbocycles. The number of rotatable bonds is 4. The van der Waals surface area contributed by atoms with Gasteiger partial charge in [0.15, 0.2) is 0 Å². The van der Waals surface area contributed by atoms with Gasteiger partial charge >= 0.3 is 6.18 Å². The van der Waals surface area contributed by atoms with Crippen molar-refractivity contribution in [2.45, 2.75) is 43.4 Å². The maximum atomic E-state index is 13.1. The van der Waals surface area contributed by atoms with E-state index in [1.807, 2.05) is 4.57 Å². The van der Waals surface area contributed by atoms with Crippen molar-refractivity contribution >= 4 is 21.6 Å². The van der Waals surface area contributed by atoms with Gasteiger partial charge in [-0.15, -0.1) is 0 Å². The predicted octanol–water partition coefficient (Wildman–Crippen LogP) is 3.37. The number of hydrogen-bond acceptors (Lipinski definition) is 3. The van der Waals surface area contributed by atoms with Gasteiger partial charge < -0.3 is 4.57 Å². The third-order valence-corrected chi connectivity index (χ3v) is 5.87. The molecule has 25 heavy (non-hydrogen) atoms. The Bertz CT molecular complexity index is 870. The number of halogens is 4. The number of imidazole rings is 1. The van der Waals surface area contributed by atoms with Crippen molar-refractivity contribution in [3.63, 3.8) is 0 Å². The third kappa shape index (κ3) is 3.83. The quantitative estimate of drug-likeness (QED) is 0.866. The summed E-state index contributed by atoms with van der Waals surface area (Å²) in [4.78, 5) is 3.36. The predicted molar refractivity (Wildman–Crippen MR) is 85.6 cm³/mol. The lowest BCUT2D eigenvalue weighted by Gasteiger charge is -2.14. The van der Waals surface area contributed by atoms with Gasteiger partial charge in [-0.05, 0) is 25.0 Å². The number of nitrogens with zero attached hydrogens (tertiary/aromatic N) is 2. The molecule has 0 spiro atoms. The van der Waals surface area contributed by atoms with Gasteiger partial charge in [-0.1, -0.05) is 17.7 Å². The van der Waals surface area contributed by atoms with Gasteiger partial charge in [-0.3, -0.25) is 0 Å². The molecule has 1 aromatic carbocycles. The van der Waals surface area contributed by atoms with Crippen LogP contribution in [0.4, 0.5) is 13.2 Å². The van der Waals surface area contributed by atoms with Crippen LogP contribution in [0.15, 0.2) is 29.3 Å². The molecule has 3 rings (SSSR count). The number of alkyl halides is 3. The molecule has 0 saturated heterocycles. The van der Waals surface area contributed by atoms with Crippen molar-refractivity contribution < 1.29 is 21.6 Å². The first-order valence-corrected chi connectivity index (χ1v) is 9.45. The standard InChI is InChI=1S/C15H15ClF3N3O2S/c16-12-5-3-4-11(15(17,18)19)14(12)25(23,24)20-8-10-9-22-7-2-1-6-13(22)21-10/h3-5,9,20H,1-2,6-8H2. The van der Waals surface area contributed by atoms with Crippen LogP contribution in [0.5, 0.6) is 0 Å². The van der Waals surface area contributed by atoms with Gasteiger partial charge in [0.1, 0.15) is 10.7 Å². The second-order valence-electron chi connectivity index (χ2n) is 5.74. The smallest absolute Gasteiger partial charge is 0.335 e. The summed E-state index contributed by atoms with van der Waals surface area (Å²) < 4.78 is 68.2. The number of fused-ring (bicyclic) bond motifs is 1. The third-order valence-electron chi connectivity index (χ3n) is 3.94. The molecule has 0 bridgehead atoms. The highest BCUT2D eigenvalue weighted by molar-refractivity contribution is 7.89. The number of benzene rings is 1. The minimum atomic E-state index is -4.83. The average molecular weight is 394 g/mol. The van der Waals surface area contributed by atoms with Crippen molar-refractivity contribution in [3.8, 4) is 0 Å². The van der Waals surface area contributed by atoms with E-state index in [0.717, 1.165) is 43.8 Å². The first-order chi connectivity index (χ1) is 11.7. The zero-order valence-corrected chi connectivity index (χ0v) is 14.5. The van der Waals surface area contributed by atoms with Crippen LogP contribution >= 0.6 is 11.6 Å². The fraction of sp³-hybridized carbons (Fsp3) is 0.400. The van der Waals surface area contributed by atoms with E-state index < -0.39 is 31.7 Å². The molecule has 1 aromatic heterocycles. The largest absolute Gasteiger partial charge is 0.417 e. The fourth-order valence-corrected chi connectivity index (χ4v) is 4.56. The number of aryl methyl sites for hydroxylation is 2. The van der Waals surface area contributed by atoms with Crippen molar-refractivity contribution in [2.24, 2.45) is 0 Å². The Morgan fingerprint density at radius 3 is 2.72 bits per heavy atom. The molecule has 0 radical (unpaired) electrons. The van der Waals surface area contributed by atoms with Crippen LogP contribution in [0, 0.1) is 0 Å². The Morgan fingerprint density at radius 2 is 2.04 bits per heavy atom. The summed E-state index contributed by atoms with van der Waals surface area (Å²) in [5.41, 5.74) is -0.835. The summed E-state index contributed by atoms with van der Waals surface area (Å²) in [6.45, 7) is 0.600. The lowest BCUT2D eigenvalue weighted by molar-refractivity contribution is -0.139. The van der Waals surface area contributed by atoms with Crippen LogP contribution < -0.4 is 4.72 Å². The molecule has 0 amide bonds. The molecule has 0 unspecified atom stereocenters. The Kier molecular flexibility index (Phi) is 4.82. The fourth-order valence-electron chi connectivity index (χ4n) is 2.80. The first-order valence-electron chi connectivity index (χ1n) is 7.59. The molecule has 1 N–H and O–H groups in total. The van der Waals surface area contributed by atoms with Crippen LogP contribution in [0.1, 0.15) is 29.9 Å². The molecule has 0 fully saturated rings. The molecule has 2 aromatic rings. The lowest BCUT2D eigenvalue weighted by Crippen LogP contribution is -2.26. The van der Waals surface area contributed by atoms with Gasteiger partial charge in [0, 0.05) is 19.2 Å². The molecule has 2 heterocycles. The number of aromatic nitrogens is 2. The average Bonchev–Trinajstić information content (AvgIpc) is 2.95. The summed E-state index contributed by atoms with van der Waals surface area (Å²) in [7, 11) is -4.46. The van der Waals surface area contributed by atoms with Crippen LogP contribution in [0.25, 0.3) is 0 Å². The lowest BCUT2D eigenvalue weighted by atomic mass is 10.2. The Hall–Kier alpha value is -1.58. The van der Waals surface area contributed by atoms with Gasteiger partial charge in [0.25, 0.3) is 0 Å². The van der Waals surface area contributed by atoms with E-state index in [0.29, 0.717) is 11.8 Å². The summed E-state index contributed by atoms with van der Waals surface area (Å²) in [5.74, 6) is 0.856. The molecule has 1 aliphatic heterocycles. The van der Waals surface area contributed by atoms with Crippen LogP contribution in [0.2, 0.25) is 5.02 Å². The van der Waals surface area contributed by atoms with Gasteiger partial charge in [-0.25, -0.2) is 18.1 Å². The number of sulfonamides is 1. The Balaban J connectivity index is 1.87. The van der Waals surface area contributed by atoms with Crippen molar-refractivity contribution in [2.75, 3.05) is 0 Å². The molecule has 0 atom stereocenters. The monoisotopic (exact) mass is 393 g/mol. The van der Waals surface area contributed by atoms with Gasteiger partial charge in [0.2, 0.25) is 10.0 Å². The van der Waals surface area contributed by atoms with Gasteiger partial charge in [0.05, 0.1) is 22.8 Å². The molecule has 10 heteroatoms. The summed E-state index contributed by atoms with van der Waals surface area (Å²) in [6, 6.07) is 2.87. The van der Waals surface area contributed by atoms with E-state index in [4.69, 9.17) is 11.6 Å². The van der Waals surface area contributed by atoms with Crippen molar-refractivity contribution in [3.05, 3.63) is 46.5 Å². The second-order valence-corrected chi connectivity index (χ2v) is 7.85. The van der Waals surface area contributed by atoms with Gasteiger partial charge in [-0.2, -0.15) is 13.2 Å². The second kappa shape index (κ2) is 6.62. The van der Waals surface area contributed by atoms with Crippen molar-refractivity contribution in [1.82, 2.24) is 14.3 Å². The van der Waals surface area contributed by atoms with Crippen LogP contribution in [-0.4, -0.2) is 18.0 Å². The minimum absolute atomic E-state index is 0.204. The van der Waals surface area contributed by atoms with E-state index >= 15 is 0 Å². The topological polar surface area (TPSA) is 64.0 Å². The molecular weight excluding hydrogens is 379 g/mol. The van der Waals surface area contributed by atoms with E-state index in [1.54, 1.807) is 6.20 Å². The first kappa shape index (κ1) is 18.2. The van der Waals surface area contributed by atoms with E-state index in [-0.39, 0.29) is 6.54 Å². The Morgan fingerprint density at radius 1 is 1.28 bits per heavy atom. The zero-order chi connectivity index (χ0) is 18.2. The maximum absolute atomic E-state index is 13.1. The van der Waals surface area contributed by atoms with E-state index in [1.165, 1.54) is 0 Å². The minimum Gasteiger partial charge on any atom is -0.335 e. The normalized spacial score (nSPS) is 15.2. The molecule has 136 valence electrons. The molecule has 0 aliphatic carbocycles. The summed E-state index contributed by atoms with van der Waals surface area (Å²) in [5, 5.41) is -0.480.